The van der Waals surface area contributed by atoms with Gasteiger partial charge in [-0.1, -0.05) is 37.8 Å². The lowest BCUT2D eigenvalue weighted by Gasteiger charge is -2.25. The number of rotatable bonds is 5. The van der Waals surface area contributed by atoms with Crippen LogP contribution in [0.2, 0.25) is 0 Å². The van der Waals surface area contributed by atoms with Crippen molar-refractivity contribution in [3.63, 3.8) is 0 Å². The molecule has 9 heteroatoms. The second-order valence-corrected chi connectivity index (χ2v) is 9.70. The van der Waals surface area contributed by atoms with E-state index in [1.54, 1.807) is 11.0 Å². The number of fused-ring (bicyclic) bond motifs is 2. The van der Waals surface area contributed by atoms with E-state index in [0.717, 1.165) is 45.1 Å². The fourth-order valence-electron chi connectivity index (χ4n) is 4.95. The normalized spacial score (nSPS) is 21.7. The number of nitrogens with zero attached hydrogens (tertiary/aromatic N) is 3. The van der Waals surface area contributed by atoms with Crippen LogP contribution in [-0.4, -0.2) is 78.9 Å². The Bertz CT molecular complexity index is 1020. The first-order valence-electron chi connectivity index (χ1n) is 13.5. The summed E-state index contributed by atoms with van der Waals surface area (Å²) in [5, 5.41) is 3.79. The molecule has 2 amide bonds. The predicted molar refractivity (Wildman–Crippen MR) is 138 cm³/mol. The number of hydrogen-bond acceptors (Lipinski definition) is 7. The molecule has 2 aliphatic heterocycles. The minimum Gasteiger partial charge on any atom is -0.485 e. The average molecular weight is 514 g/mol. The number of ether oxygens (including phenoxy) is 3. The molecule has 202 valence electrons. The van der Waals surface area contributed by atoms with Crippen molar-refractivity contribution in [3.05, 3.63) is 41.7 Å². The average Bonchev–Trinajstić information content (AvgIpc) is 3.55. The summed E-state index contributed by atoms with van der Waals surface area (Å²) in [5.41, 5.74) is 0.555. The molecule has 0 bridgehead atoms. The lowest BCUT2D eigenvalue weighted by atomic mass is 10.1. The first-order valence-corrected chi connectivity index (χ1v) is 13.5. The van der Waals surface area contributed by atoms with Gasteiger partial charge in [0, 0.05) is 38.6 Å². The number of carbonyl (C=O) groups is 2. The van der Waals surface area contributed by atoms with E-state index >= 15 is 0 Å². The van der Waals surface area contributed by atoms with Crippen LogP contribution in [0.3, 0.4) is 0 Å². The number of carbonyl (C=O) groups excluding carboxylic acids is 2. The zero-order valence-electron chi connectivity index (χ0n) is 22.0. The molecule has 0 aliphatic carbocycles. The lowest BCUT2D eigenvalue weighted by Crippen LogP contribution is -2.35. The van der Waals surface area contributed by atoms with Gasteiger partial charge in [0.05, 0.1) is 25.8 Å². The summed E-state index contributed by atoms with van der Waals surface area (Å²) < 4.78 is 23.0. The van der Waals surface area contributed by atoms with Gasteiger partial charge in [0.15, 0.2) is 0 Å². The van der Waals surface area contributed by atoms with Crippen molar-refractivity contribution in [2.75, 3.05) is 39.9 Å². The molecule has 0 radical (unpaired) electrons. The third-order valence-corrected chi connectivity index (χ3v) is 7.12. The van der Waals surface area contributed by atoms with Gasteiger partial charge in [0.25, 0.3) is 11.8 Å². The van der Waals surface area contributed by atoms with E-state index in [4.69, 9.17) is 18.7 Å². The van der Waals surface area contributed by atoms with Gasteiger partial charge in [-0.05, 0) is 37.1 Å². The van der Waals surface area contributed by atoms with Gasteiger partial charge in [0.2, 0.25) is 5.91 Å². The molecule has 1 aromatic heterocycles. The monoisotopic (exact) mass is 513 g/mol. The van der Waals surface area contributed by atoms with Gasteiger partial charge in [-0.2, -0.15) is 0 Å². The molecule has 2 aliphatic rings. The minimum atomic E-state index is -0.355. The largest absolute Gasteiger partial charge is 0.485 e. The van der Waals surface area contributed by atoms with Crippen molar-refractivity contribution in [2.45, 2.75) is 70.5 Å². The fourth-order valence-corrected chi connectivity index (χ4v) is 4.95. The summed E-state index contributed by atoms with van der Waals surface area (Å²) in [4.78, 5) is 30.1. The van der Waals surface area contributed by atoms with Gasteiger partial charge in [-0.15, -0.1) is 0 Å². The Morgan fingerprint density at radius 3 is 2.62 bits per heavy atom. The summed E-state index contributed by atoms with van der Waals surface area (Å²) in [6, 6.07) is 9.09. The van der Waals surface area contributed by atoms with E-state index in [1.165, 1.54) is 7.11 Å². The summed E-state index contributed by atoms with van der Waals surface area (Å²) >= 11 is 0. The van der Waals surface area contributed by atoms with Crippen LogP contribution < -0.4 is 9.47 Å². The van der Waals surface area contributed by atoms with Crippen LogP contribution in [0, 0.1) is 0 Å². The molecule has 2 aromatic rings. The molecular formula is C28H39N3O6. The van der Waals surface area contributed by atoms with Crippen LogP contribution in [0.15, 0.2) is 34.9 Å². The highest BCUT2D eigenvalue weighted by Crippen LogP contribution is 2.27. The van der Waals surface area contributed by atoms with Crippen molar-refractivity contribution in [3.8, 4) is 11.6 Å². The molecule has 1 fully saturated rings. The summed E-state index contributed by atoms with van der Waals surface area (Å²) in [7, 11) is 1.52. The van der Waals surface area contributed by atoms with Gasteiger partial charge in [-0.25, -0.2) is 0 Å². The van der Waals surface area contributed by atoms with Crippen molar-refractivity contribution >= 4 is 11.8 Å². The van der Waals surface area contributed by atoms with Crippen molar-refractivity contribution in [1.29, 1.82) is 0 Å². The Hall–Kier alpha value is -3.07. The molecule has 37 heavy (non-hydrogen) atoms. The Balaban J connectivity index is 1.47. The van der Waals surface area contributed by atoms with E-state index in [2.05, 4.69) is 5.16 Å². The van der Waals surface area contributed by atoms with Gasteiger partial charge in [-0.3, -0.25) is 9.59 Å². The van der Waals surface area contributed by atoms with Crippen molar-refractivity contribution in [1.82, 2.24) is 15.0 Å². The maximum absolute atomic E-state index is 13.4. The summed E-state index contributed by atoms with van der Waals surface area (Å²) in [6.07, 6.45) is 6.66. The maximum Gasteiger partial charge on any atom is 0.257 e. The number of aryl methyl sites for hydroxylation is 1. The van der Waals surface area contributed by atoms with Crippen LogP contribution in [-0.2, 0) is 16.0 Å². The van der Waals surface area contributed by atoms with Crippen LogP contribution >= 0.6 is 0 Å². The molecule has 3 heterocycles. The van der Waals surface area contributed by atoms with Crippen molar-refractivity contribution < 1.29 is 28.3 Å². The quantitative estimate of drug-likeness (QED) is 0.594. The highest BCUT2D eigenvalue weighted by molar-refractivity contribution is 5.97. The second-order valence-electron chi connectivity index (χ2n) is 9.70. The molecule has 9 nitrogen and oxygen atoms in total. The topological polar surface area (TPSA) is 94.3 Å². The number of likely N-dealkylation sites (tertiary alicyclic amines) is 1. The fraction of sp³-hybridized carbons (Fsp3) is 0.607. The van der Waals surface area contributed by atoms with E-state index in [-0.39, 0.29) is 24.0 Å². The van der Waals surface area contributed by atoms with Crippen LogP contribution in [0.5, 0.6) is 11.6 Å². The Kier molecular flexibility index (Phi) is 9.82. The van der Waals surface area contributed by atoms with E-state index < -0.39 is 0 Å². The number of hydrogen-bond donors (Lipinski definition) is 0. The molecule has 2 atom stereocenters. The van der Waals surface area contributed by atoms with E-state index in [1.807, 2.05) is 36.1 Å². The molecule has 0 N–H and O–H groups in total. The number of amides is 2. The highest BCUT2D eigenvalue weighted by atomic mass is 16.5. The lowest BCUT2D eigenvalue weighted by molar-refractivity contribution is -0.130. The standard InChI is InChI=1S/C28H39N3O6/c1-3-30-16-10-6-4-5-7-11-17-35-24-19-31(27(32)15-14-21-18-26(34-2)29-37-21)20-25(24)36-23-13-9-8-12-22(23)28(30)33/h8-9,12-13,18,24-25H,3-7,10-11,14-17,19-20H2,1-2H3/t24-,25-/m1/s1. The summed E-state index contributed by atoms with van der Waals surface area (Å²) in [5.74, 6) is 1.53. The van der Waals surface area contributed by atoms with Gasteiger partial charge in [0.1, 0.15) is 23.7 Å². The Morgan fingerprint density at radius 2 is 1.84 bits per heavy atom. The second kappa shape index (κ2) is 13.5. The molecule has 0 saturated carbocycles. The van der Waals surface area contributed by atoms with Gasteiger partial charge < -0.3 is 28.5 Å². The Morgan fingerprint density at radius 1 is 1.08 bits per heavy atom. The molecule has 1 aromatic carbocycles. The molecule has 0 spiro atoms. The highest BCUT2D eigenvalue weighted by Gasteiger charge is 2.38. The van der Waals surface area contributed by atoms with Crippen LogP contribution in [0.25, 0.3) is 0 Å². The SMILES string of the molecule is CCN1CCCCCCCCO[C@@H]2CN(C(=O)CCc3cc(OC)no3)C[C@H]2Oc2ccccc2C1=O. The first-order chi connectivity index (χ1) is 18.1. The number of aromatic nitrogens is 1. The van der Waals surface area contributed by atoms with Crippen LogP contribution in [0.4, 0.5) is 0 Å². The molecule has 1 saturated heterocycles. The third-order valence-electron chi connectivity index (χ3n) is 7.12. The Labute approximate surface area is 219 Å². The van der Waals surface area contributed by atoms with E-state index in [0.29, 0.717) is 62.0 Å². The number of methoxy groups -OCH3 is 1. The number of para-hydroxylation sites is 1. The van der Waals surface area contributed by atoms with Crippen molar-refractivity contribution in [2.24, 2.45) is 0 Å². The zero-order valence-corrected chi connectivity index (χ0v) is 22.0. The maximum atomic E-state index is 13.4. The number of benzene rings is 1. The zero-order chi connectivity index (χ0) is 26.0. The summed E-state index contributed by atoms with van der Waals surface area (Å²) in [6.45, 7) is 4.91. The predicted octanol–water partition coefficient (Wildman–Crippen LogP) is 4.11. The van der Waals surface area contributed by atoms with Gasteiger partial charge >= 0.3 is 0 Å². The van der Waals surface area contributed by atoms with E-state index in [9.17, 15) is 9.59 Å². The molecule has 0 unspecified atom stereocenters. The minimum absolute atomic E-state index is 0.00229. The smallest absolute Gasteiger partial charge is 0.257 e. The third kappa shape index (κ3) is 7.25. The first kappa shape index (κ1) is 27.0. The molecule has 4 rings (SSSR count). The van der Waals surface area contributed by atoms with Crippen LogP contribution in [0.1, 0.15) is 68.0 Å². The molecular weight excluding hydrogens is 474 g/mol.